The molecule has 0 unspecified atom stereocenters. The van der Waals surface area contributed by atoms with Gasteiger partial charge in [0.05, 0.1) is 4.53 Å². The van der Waals surface area contributed by atoms with Gasteiger partial charge in [-0.3, -0.25) is 9.36 Å². The van der Waals surface area contributed by atoms with E-state index in [1.165, 1.54) is 16.9 Å². The van der Waals surface area contributed by atoms with Crippen molar-refractivity contribution in [1.82, 2.24) is 4.57 Å². The molecular weight excluding hydrogens is 334 g/mol. The second-order valence-corrected chi connectivity index (χ2v) is 7.08. The lowest BCUT2D eigenvalue weighted by Crippen LogP contribution is -2.42. The lowest BCUT2D eigenvalue weighted by Gasteiger charge is -2.25. The zero-order valence-electron chi connectivity index (χ0n) is 14.2. The minimum Gasteiger partial charge on any atom is -0.462 e. The van der Waals surface area contributed by atoms with Gasteiger partial charge in [-0.05, 0) is 43.2 Å². The Morgan fingerprint density at radius 1 is 1.24 bits per heavy atom. The first-order valence-electron chi connectivity index (χ1n) is 8.30. The molecule has 1 aliphatic rings. The molecule has 0 atom stereocenters. The fraction of sp³-hybridized carbons (Fsp3) is 0.263. The molecule has 1 aromatic carbocycles. The third-order valence-corrected chi connectivity index (χ3v) is 5.37. The number of aromatic nitrogens is 1. The lowest BCUT2D eigenvalue weighted by atomic mass is 10.1. The normalized spacial score (nSPS) is 14.5. The topological polar surface area (TPSA) is 50.7 Å². The van der Waals surface area contributed by atoms with Gasteiger partial charge in [0.15, 0.2) is 4.80 Å². The van der Waals surface area contributed by atoms with E-state index >= 15 is 0 Å². The Bertz CT molecular complexity index is 1070. The first-order chi connectivity index (χ1) is 12.1. The smallest absolute Gasteiger partial charge is 0.271 e. The van der Waals surface area contributed by atoms with Crippen LogP contribution in [0, 0.1) is 6.92 Å². The fourth-order valence-corrected chi connectivity index (χ4v) is 3.82. The molecular formula is C19H19N3O2S. The van der Waals surface area contributed by atoms with Crippen molar-refractivity contribution in [2.75, 3.05) is 11.6 Å². The van der Waals surface area contributed by atoms with Crippen LogP contribution < -0.4 is 19.8 Å². The third-order valence-electron chi connectivity index (χ3n) is 4.32. The molecule has 2 aromatic heterocycles. The summed E-state index contributed by atoms with van der Waals surface area (Å²) in [7, 11) is 0. The number of nitrogens with zero attached hydrogens (tertiary/aromatic N) is 3. The van der Waals surface area contributed by atoms with Gasteiger partial charge in [0.2, 0.25) is 0 Å². The average Bonchev–Trinajstić information content (AvgIpc) is 3.18. The number of anilines is 1. The number of aryl methyl sites for hydroxylation is 2. The van der Waals surface area contributed by atoms with Crippen molar-refractivity contribution in [3.63, 3.8) is 0 Å². The summed E-state index contributed by atoms with van der Waals surface area (Å²) in [5, 5.41) is 0. The Kier molecular flexibility index (Phi) is 4.05. The predicted octanol–water partition coefficient (Wildman–Crippen LogP) is 2.26. The molecule has 3 heterocycles. The number of thiazole rings is 1. The molecule has 0 saturated carbocycles. The molecule has 0 aliphatic carbocycles. The maximum atomic E-state index is 12.7. The molecule has 0 radical (unpaired) electrons. The molecule has 0 amide bonds. The van der Waals surface area contributed by atoms with Crippen molar-refractivity contribution < 1.29 is 4.42 Å². The molecule has 1 aliphatic heterocycles. The van der Waals surface area contributed by atoms with Crippen LogP contribution in [0.4, 0.5) is 5.69 Å². The van der Waals surface area contributed by atoms with Gasteiger partial charge in [0.25, 0.3) is 5.56 Å². The number of furan rings is 1. The van der Waals surface area contributed by atoms with Gasteiger partial charge in [0, 0.05) is 11.8 Å². The minimum atomic E-state index is -0.0207. The summed E-state index contributed by atoms with van der Waals surface area (Å²) in [4.78, 5) is 20.2. The Morgan fingerprint density at radius 3 is 2.72 bits per heavy atom. The maximum Gasteiger partial charge on any atom is 0.271 e. The molecule has 0 bridgehead atoms. The zero-order chi connectivity index (χ0) is 17.4. The van der Waals surface area contributed by atoms with Gasteiger partial charge in [0.1, 0.15) is 24.9 Å². The highest BCUT2D eigenvalue weighted by atomic mass is 32.1. The lowest BCUT2D eigenvalue weighted by molar-refractivity contribution is 0.524. The van der Waals surface area contributed by atoms with E-state index in [9.17, 15) is 4.79 Å². The largest absolute Gasteiger partial charge is 0.462 e. The monoisotopic (exact) mass is 353 g/mol. The second-order valence-electron chi connectivity index (χ2n) is 6.08. The van der Waals surface area contributed by atoms with Crippen LogP contribution in [0.15, 0.2) is 50.6 Å². The van der Waals surface area contributed by atoms with Crippen molar-refractivity contribution in [3.8, 4) is 0 Å². The Hall–Kier alpha value is -2.60. The van der Waals surface area contributed by atoms with Crippen molar-refractivity contribution >= 4 is 23.1 Å². The molecule has 0 N–H and O–H groups in total. The SMILES string of the molecule is CCc1ccc(N2CN=c3sc(=Cc4ccc(C)o4)c(=O)n3C2)cc1. The van der Waals surface area contributed by atoms with E-state index in [-0.39, 0.29) is 5.56 Å². The maximum absolute atomic E-state index is 12.7. The van der Waals surface area contributed by atoms with Crippen LogP contribution in [0.3, 0.4) is 0 Å². The first-order valence-corrected chi connectivity index (χ1v) is 9.12. The molecule has 3 aromatic rings. The summed E-state index contributed by atoms with van der Waals surface area (Å²) in [5.74, 6) is 1.53. The highest BCUT2D eigenvalue weighted by molar-refractivity contribution is 7.07. The summed E-state index contributed by atoms with van der Waals surface area (Å²) >= 11 is 1.41. The molecule has 0 fully saturated rings. The van der Waals surface area contributed by atoms with Gasteiger partial charge in [-0.25, -0.2) is 4.99 Å². The molecule has 25 heavy (non-hydrogen) atoms. The van der Waals surface area contributed by atoms with Crippen molar-refractivity contribution in [1.29, 1.82) is 0 Å². The summed E-state index contributed by atoms with van der Waals surface area (Å²) in [6.07, 6.45) is 2.81. The Labute approximate surface area is 149 Å². The third kappa shape index (κ3) is 3.05. The molecule has 6 heteroatoms. The number of hydrogen-bond acceptors (Lipinski definition) is 5. The summed E-state index contributed by atoms with van der Waals surface area (Å²) in [6.45, 7) is 5.11. The highest BCUT2D eigenvalue weighted by Gasteiger charge is 2.16. The van der Waals surface area contributed by atoms with E-state index in [0.29, 0.717) is 23.6 Å². The summed E-state index contributed by atoms with van der Waals surface area (Å²) in [6, 6.07) is 12.2. The van der Waals surface area contributed by atoms with E-state index in [4.69, 9.17) is 4.42 Å². The predicted molar refractivity (Wildman–Crippen MR) is 99.5 cm³/mol. The molecule has 0 spiro atoms. The van der Waals surface area contributed by atoms with Gasteiger partial charge >= 0.3 is 0 Å². The van der Waals surface area contributed by atoms with E-state index < -0.39 is 0 Å². The van der Waals surface area contributed by atoms with E-state index in [1.54, 1.807) is 10.6 Å². The van der Waals surface area contributed by atoms with Crippen LogP contribution in [0.25, 0.3) is 6.08 Å². The van der Waals surface area contributed by atoms with Crippen molar-refractivity contribution in [2.24, 2.45) is 4.99 Å². The van der Waals surface area contributed by atoms with Crippen LogP contribution in [0.1, 0.15) is 24.0 Å². The highest BCUT2D eigenvalue weighted by Crippen LogP contribution is 2.17. The van der Waals surface area contributed by atoms with E-state index in [2.05, 4.69) is 41.1 Å². The molecule has 128 valence electrons. The molecule has 4 rings (SSSR count). The molecule has 5 nitrogen and oxygen atoms in total. The number of rotatable bonds is 3. The first kappa shape index (κ1) is 15.9. The van der Waals surface area contributed by atoms with Crippen molar-refractivity contribution in [3.05, 3.63) is 73.2 Å². The van der Waals surface area contributed by atoms with Gasteiger partial charge in [-0.15, -0.1) is 0 Å². The van der Waals surface area contributed by atoms with Gasteiger partial charge < -0.3 is 9.32 Å². The van der Waals surface area contributed by atoms with E-state index in [0.717, 1.165) is 22.7 Å². The van der Waals surface area contributed by atoms with Crippen LogP contribution in [0.2, 0.25) is 0 Å². The standard InChI is InChI=1S/C19H19N3O2S/c1-3-14-5-7-15(8-6-14)21-11-20-19-22(12-21)18(23)17(25-19)10-16-9-4-13(2)24-16/h4-10H,3,11-12H2,1-2H3. The number of benzene rings is 1. The number of hydrogen-bond donors (Lipinski definition) is 0. The summed E-state index contributed by atoms with van der Waals surface area (Å²) in [5.41, 5.74) is 2.36. The van der Waals surface area contributed by atoms with Crippen LogP contribution in [-0.2, 0) is 13.1 Å². The zero-order valence-corrected chi connectivity index (χ0v) is 15.0. The molecule has 0 saturated heterocycles. The van der Waals surface area contributed by atoms with Crippen LogP contribution >= 0.6 is 11.3 Å². The fourth-order valence-electron chi connectivity index (χ4n) is 2.88. The summed E-state index contributed by atoms with van der Waals surface area (Å²) < 4.78 is 7.92. The van der Waals surface area contributed by atoms with Crippen LogP contribution in [-0.4, -0.2) is 11.2 Å². The van der Waals surface area contributed by atoms with Crippen molar-refractivity contribution in [2.45, 2.75) is 26.9 Å². The second kappa shape index (κ2) is 6.37. The average molecular weight is 353 g/mol. The quantitative estimate of drug-likeness (QED) is 0.726. The Balaban J connectivity index is 1.67. The Morgan fingerprint density at radius 2 is 2.04 bits per heavy atom. The van der Waals surface area contributed by atoms with Gasteiger partial charge in [-0.1, -0.05) is 30.4 Å². The minimum absolute atomic E-state index is 0.0207. The van der Waals surface area contributed by atoms with E-state index in [1.807, 2.05) is 19.1 Å². The number of fused-ring (bicyclic) bond motifs is 1. The van der Waals surface area contributed by atoms with Gasteiger partial charge in [-0.2, -0.15) is 0 Å². The van der Waals surface area contributed by atoms with Crippen LogP contribution in [0.5, 0.6) is 0 Å².